The highest BCUT2D eigenvalue weighted by Gasteiger charge is 2.29. The molecule has 5 heteroatoms. The number of aliphatic hydroxyl groups is 1. The topological polar surface area (TPSA) is 60.2 Å². The predicted molar refractivity (Wildman–Crippen MR) is 102 cm³/mol. The molecule has 2 N–H and O–H groups in total. The molecule has 1 aromatic carbocycles. The number of rotatable bonds is 8. The van der Waals surface area contributed by atoms with E-state index in [2.05, 4.69) is 26.8 Å². The Morgan fingerprint density at radius 3 is 2.58 bits per heavy atom. The van der Waals surface area contributed by atoms with Crippen molar-refractivity contribution >= 4 is 5.97 Å². The van der Waals surface area contributed by atoms with Crippen LogP contribution < -0.4 is 9.64 Å². The van der Waals surface area contributed by atoms with Gasteiger partial charge in [0.1, 0.15) is 25.0 Å². The highest BCUT2D eigenvalue weighted by atomic mass is 16.5. The van der Waals surface area contributed by atoms with Crippen molar-refractivity contribution in [3.63, 3.8) is 0 Å². The normalized spacial score (nSPS) is 21.5. The van der Waals surface area contributed by atoms with Crippen LogP contribution in [0.3, 0.4) is 0 Å². The molecule has 0 aliphatic carbocycles. The summed E-state index contributed by atoms with van der Waals surface area (Å²) in [5, 5.41) is 10.3. The molecule has 2 rings (SSSR count). The van der Waals surface area contributed by atoms with E-state index in [0.29, 0.717) is 25.7 Å². The lowest BCUT2D eigenvalue weighted by Gasteiger charge is -2.29. The average molecular weight is 365 g/mol. The van der Waals surface area contributed by atoms with Gasteiger partial charge in [-0.05, 0) is 43.0 Å². The van der Waals surface area contributed by atoms with Gasteiger partial charge in [-0.2, -0.15) is 0 Å². The van der Waals surface area contributed by atoms with E-state index in [1.165, 1.54) is 16.0 Å². The first-order chi connectivity index (χ1) is 12.4. The van der Waals surface area contributed by atoms with Crippen LogP contribution in [0.4, 0.5) is 0 Å². The smallest absolute Gasteiger partial charge is 0.309 e. The SMILES string of the molecule is CCOC(=O)C1CC[NH+](C[C@H](O)COc2ccc(C(C)C)c(C)c2)CC1. The summed E-state index contributed by atoms with van der Waals surface area (Å²) in [6.45, 7) is 11.5. The largest absolute Gasteiger partial charge is 0.491 e. The van der Waals surface area contributed by atoms with Crippen LogP contribution in [-0.2, 0) is 9.53 Å². The van der Waals surface area contributed by atoms with Crippen LogP contribution >= 0.6 is 0 Å². The molecular weight excluding hydrogens is 330 g/mol. The monoisotopic (exact) mass is 364 g/mol. The summed E-state index contributed by atoms with van der Waals surface area (Å²) < 4.78 is 10.9. The Labute approximate surface area is 157 Å². The number of nitrogens with one attached hydrogen (secondary N) is 1. The van der Waals surface area contributed by atoms with E-state index in [1.54, 1.807) is 0 Å². The summed E-state index contributed by atoms with van der Waals surface area (Å²) in [6, 6.07) is 6.12. The fraction of sp³-hybridized carbons (Fsp3) is 0.667. The van der Waals surface area contributed by atoms with E-state index in [1.807, 2.05) is 19.1 Å². The Balaban J connectivity index is 1.73. The van der Waals surface area contributed by atoms with Gasteiger partial charge in [0.05, 0.1) is 25.6 Å². The van der Waals surface area contributed by atoms with E-state index in [9.17, 15) is 9.90 Å². The highest BCUT2D eigenvalue weighted by molar-refractivity contribution is 5.72. The van der Waals surface area contributed by atoms with E-state index >= 15 is 0 Å². The van der Waals surface area contributed by atoms with E-state index in [4.69, 9.17) is 9.47 Å². The number of aryl methyl sites for hydroxylation is 1. The van der Waals surface area contributed by atoms with Crippen LogP contribution in [0.5, 0.6) is 5.75 Å². The number of benzene rings is 1. The third kappa shape index (κ3) is 5.99. The Bertz CT molecular complexity index is 579. The molecule has 26 heavy (non-hydrogen) atoms. The number of hydrogen-bond acceptors (Lipinski definition) is 4. The number of piperidine rings is 1. The van der Waals surface area contributed by atoms with Crippen molar-refractivity contribution in [1.29, 1.82) is 0 Å². The van der Waals surface area contributed by atoms with Gasteiger partial charge >= 0.3 is 5.97 Å². The van der Waals surface area contributed by atoms with Crippen molar-refractivity contribution in [1.82, 2.24) is 0 Å². The molecule has 0 aromatic heterocycles. The average Bonchev–Trinajstić information content (AvgIpc) is 2.60. The quantitative estimate of drug-likeness (QED) is 0.690. The molecule has 1 aromatic rings. The Morgan fingerprint density at radius 1 is 1.31 bits per heavy atom. The second-order valence-corrected chi connectivity index (χ2v) is 7.62. The second-order valence-electron chi connectivity index (χ2n) is 7.62. The van der Waals surface area contributed by atoms with Gasteiger partial charge in [0, 0.05) is 12.8 Å². The summed E-state index contributed by atoms with van der Waals surface area (Å²) in [5.41, 5.74) is 2.55. The number of ether oxygens (including phenoxy) is 2. The van der Waals surface area contributed by atoms with Crippen molar-refractivity contribution in [2.45, 2.75) is 52.6 Å². The number of aliphatic hydroxyl groups excluding tert-OH is 1. The molecule has 0 amide bonds. The lowest BCUT2D eigenvalue weighted by Crippen LogP contribution is -3.14. The molecule has 146 valence electrons. The number of likely N-dealkylation sites (tertiary alicyclic amines) is 1. The molecule has 0 unspecified atom stereocenters. The van der Waals surface area contributed by atoms with Crippen molar-refractivity contribution in [3.05, 3.63) is 29.3 Å². The maximum absolute atomic E-state index is 11.8. The van der Waals surface area contributed by atoms with Crippen molar-refractivity contribution in [2.24, 2.45) is 5.92 Å². The Morgan fingerprint density at radius 2 is 2.00 bits per heavy atom. The summed E-state index contributed by atoms with van der Waals surface area (Å²) >= 11 is 0. The van der Waals surface area contributed by atoms with Crippen LogP contribution in [0.2, 0.25) is 0 Å². The predicted octanol–water partition coefficient (Wildman–Crippen LogP) is 1.72. The van der Waals surface area contributed by atoms with Gasteiger partial charge in [-0.3, -0.25) is 4.79 Å². The molecule has 1 fully saturated rings. The highest BCUT2D eigenvalue weighted by Crippen LogP contribution is 2.23. The molecular formula is C21H34NO4+. The first-order valence-electron chi connectivity index (χ1n) is 9.82. The number of carbonyl (C=O) groups is 1. The lowest BCUT2D eigenvalue weighted by molar-refractivity contribution is -0.908. The molecule has 0 bridgehead atoms. The maximum atomic E-state index is 11.8. The van der Waals surface area contributed by atoms with Crippen LogP contribution in [0.15, 0.2) is 18.2 Å². The van der Waals surface area contributed by atoms with Gasteiger partial charge in [0.2, 0.25) is 0 Å². The third-order valence-corrected chi connectivity index (χ3v) is 5.14. The second kappa shape index (κ2) is 9.93. The molecule has 0 saturated carbocycles. The molecule has 1 heterocycles. The first-order valence-corrected chi connectivity index (χ1v) is 9.82. The molecule has 0 spiro atoms. The van der Waals surface area contributed by atoms with Gasteiger partial charge in [0.25, 0.3) is 0 Å². The van der Waals surface area contributed by atoms with Gasteiger partial charge in [0.15, 0.2) is 0 Å². The van der Waals surface area contributed by atoms with E-state index in [0.717, 1.165) is 31.7 Å². The Kier molecular flexibility index (Phi) is 7.91. The lowest BCUT2D eigenvalue weighted by atomic mass is 9.97. The maximum Gasteiger partial charge on any atom is 0.309 e. The van der Waals surface area contributed by atoms with Gasteiger partial charge in [-0.15, -0.1) is 0 Å². The molecule has 1 atom stereocenters. The number of quaternary nitrogens is 1. The minimum absolute atomic E-state index is 0.0227. The van der Waals surface area contributed by atoms with Crippen molar-refractivity contribution < 1.29 is 24.3 Å². The number of esters is 1. The van der Waals surface area contributed by atoms with Gasteiger partial charge < -0.3 is 19.5 Å². The van der Waals surface area contributed by atoms with Gasteiger partial charge in [-0.25, -0.2) is 0 Å². The molecule has 1 aliphatic rings. The van der Waals surface area contributed by atoms with Crippen LogP contribution in [-0.4, -0.2) is 50.0 Å². The summed E-state index contributed by atoms with van der Waals surface area (Å²) in [4.78, 5) is 13.1. The molecule has 0 radical (unpaired) electrons. The van der Waals surface area contributed by atoms with Crippen LogP contribution in [0.1, 0.15) is 50.7 Å². The van der Waals surface area contributed by atoms with E-state index < -0.39 is 6.10 Å². The zero-order valence-corrected chi connectivity index (χ0v) is 16.6. The van der Waals surface area contributed by atoms with Crippen molar-refractivity contribution in [3.8, 4) is 5.75 Å². The zero-order valence-electron chi connectivity index (χ0n) is 16.6. The molecule has 5 nitrogen and oxygen atoms in total. The molecule has 1 aliphatic heterocycles. The first kappa shape index (κ1) is 20.7. The number of hydrogen-bond donors (Lipinski definition) is 2. The zero-order chi connectivity index (χ0) is 19.1. The minimum Gasteiger partial charge on any atom is -0.491 e. The van der Waals surface area contributed by atoms with Gasteiger partial charge in [-0.1, -0.05) is 19.9 Å². The fourth-order valence-corrected chi connectivity index (χ4v) is 3.70. The summed E-state index contributed by atoms with van der Waals surface area (Å²) in [6.07, 6.45) is 1.16. The number of carbonyl (C=O) groups excluding carboxylic acids is 1. The van der Waals surface area contributed by atoms with Crippen LogP contribution in [0.25, 0.3) is 0 Å². The third-order valence-electron chi connectivity index (χ3n) is 5.14. The van der Waals surface area contributed by atoms with Crippen molar-refractivity contribution in [2.75, 3.05) is 32.8 Å². The minimum atomic E-state index is -0.505. The summed E-state index contributed by atoms with van der Waals surface area (Å²) in [7, 11) is 0. The van der Waals surface area contributed by atoms with Crippen LogP contribution in [0, 0.1) is 12.8 Å². The fourth-order valence-electron chi connectivity index (χ4n) is 3.70. The summed E-state index contributed by atoms with van der Waals surface area (Å²) in [5.74, 6) is 1.25. The standard InChI is InChI=1S/C21H33NO4/c1-5-25-21(24)17-8-10-22(11-9-17)13-18(23)14-26-19-6-7-20(15(2)3)16(4)12-19/h6-7,12,15,17-18,23H,5,8-11,13-14H2,1-4H3/p+1/t18-/m0/s1. The Hall–Kier alpha value is -1.59. The molecule has 1 saturated heterocycles. The van der Waals surface area contributed by atoms with E-state index in [-0.39, 0.29) is 11.9 Å².